The third-order valence-electron chi connectivity index (χ3n) is 2.77. The lowest BCUT2D eigenvalue weighted by molar-refractivity contribution is 0.569. The fourth-order valence-electron chi connectivity index (χ4n) is 1.91. The minimum atomic E-state index is -3.28. The fraction of sp³-hybridized carbons (Fsp3) is 0.600. The van der Waals surface area contributed by atoms with E-state index in [1.165, 1.54) is 6.20 Å². The van der Waals surface area contributed by atoms with Gasteiger partial charge in [-0.3, -0.25) is 0 Å². The van der Waals surface area contributed by atoms with Gasteiger partial charge in [0.25, 0.3) is 0 Å². The first-order chi connectivity index (χ1) is 7.10. The average Bonchev–Trinajstić information content (AvgIpc) is 2.71. The van der Waals surface area contributed by atoms with Crippen LogP contribution in [0.2, 0.25) is 0 Å². The number of aryl methyl sites for hydroxylation is 1. The molecule has 0 unspecified atom stereocenters. The lowest BCUT2D eigenvalue weighted by Gasteiger charge is -2.09. The molecule has 1 saturated carbocycles. The molecule has 82 valence electrons. The van der Waals surface area contributed by atoms with E-state index >= 15 is 0 Å². The molecule has 4 nitrogen and oxygen atoms in total. The minimum absolute atomic E-state index is 0.00519. The van der Waals surface area contributed by atoms with Gasteiger partial charge in [0.05, 0.1) is 5.25 Å². The van der Waals surface area contributed by atoms with Crippen molar-refractivity contribution in [2.45, 2.75) is 43.0 Å². The molecular formula is C10H14N2O2S. The largest absolute Gasteiger partial charge is 0.247 e. The first-order valence-corrected chi connectivity index (χ1v) is 6.69. The summed E-state index contributed by atoms with van der Waals surface area (Å²) in [5.74, 6) is 0. The van der Waals surface area contributed by atoms with Crippen LogP contribution >= 0.6 is 0 Å². The maximum absolute atomic E-state index is 12.1. The molecule has 0 saturated heterocycles. The predicted molar refractivity (Wildman–Crippen MR) is 56.2 cm³/mol. The van der Waals surface area contributed by atoms with Crippen molar-refractivity contribution in [1.29, 1.82) is 0 Å². The molecule has 0 N–H and O–H groups in total. The third kappa shape index (κ3) is 2.02. The van der Waals surface area contributed by atoms with Crippen molar-refractivity contribution < 1.29 is 8.42 Å². The van der Waals surface area contributed by atoms with Gasteiger partial charge >= 0.3 is 0 Å². The normalized spacial score (nSPS) is 18.2. The Morgan fingerprint density at radius 1 is 1.33 bits per heavy atom. The Balaban J connectivity index is 2.36. The van der Waals surface area contributed by atoms with Crippen LogP contribution in [0.5, 0.6) is 0 Å². The van der Waals surface area contributed by atoms with Crippen molar-refractivity contribution in [1.82, 2.24) is 9.97 Å². The number of sulfone groups is 1. The molecule has 2 rings (SSSR count). The maximum atomic E-state index is 12.1. The molecule has 0 aromatic carbocycles. The van der Waals surface area contributed by atoms with Gasteiger partial charge in [0.15, 0.2) is 0 Å². The maximum Gasteiger partial charge on any atom is 0.247 e. The van der Waals surface area contributed by atoms with E-state index in [0.29, 0.717) is 5.69 Å². The van der Waals surface area contributed by atoms with Crippen LogP contribution in [0.15, 0.2) is 17.4 Å². The zero-order chi connectivity index (χ0) is 10.9. The second-order valence-corrected chi connectivity index (χ2v) is 6.05. The molecule has 1 fully saturated rings. The number of nitrogens with zero attached hydrogens (tertiary/aromatic N) is 2. The number of rotatable bonds is 2. The molecule has 0 atom stereocenters. The summed E-state index contributed by atoms with van der Waals surface area (Å²) in [4.78, 5) is 7.85. The van der Waals surface area contributed by atoms with Gasteiger partial charge in [-0.25, -0.2) is 18.4 Å². The average molecular weight is 226 g/mol. The van der Waals surface area contributed by atoms with Crippen molar-refractivity contribution in [3.8, 4) is 0 Å². The topological polar surface area (TPSA) is 59.9 Å². The first kappa shape index (κ1) is 10.5. The highest BCUT2D eigenvalue weighted by atomic mass is 32.2. The van der Waals surface area contributed by atoms with Crippen LogP contribution in [-0.4, -0.2) is 23.6 Å². The summed E-state index contributed by atoms with van der Waals surface area (Å²) >= 11 is 0. The summed E-state index contributed by atoms with van der Waals surface area (Å²) in [7, 11) is -3.28. The van der Waals surface area contributed by atoms with Gasteiger partial charge < -0.3 is 0 Å². The highest BCUT2D eigenvalue weighted by Crippen LogP contribution is 2.27. The number of hydrogen-bond donors (Lipinski definition) is 0. The third-order valence-corrected chi connectivity index (χ3v) is 4.82. The van der Waals surface area contributed by atoms with Gasteiger partial charge in [0.2, 0.25) is 15.0 Å². The Morgan fingerprint density at radius 2 is 2.00 bits per heavy atom. The van der Waals surface area contributed by atoms with Crippen LogP contribution < -0.4 is 0 Å². The zero-order valence-corrected chi connectivity index (χ0v) is 9.50. The molecule has 15 heavy (non-hydrogen) atoms. The van der Waals surface area contributed by atoms with Crippen LogP contribution in [0.4, 0.5) is 0 Å². The molecule has 0 radical (unpaired) electrons. The van der Waals surface area contributed by atoms with Crippen molar-refractivity contribution >= 4 is 9.84 Å². The minimum Gasteiger partial charge on any atom is -0.227 e. The van der Waals surface area contributed by atoms with Gasteiger partial charge in [-0.05, 0) is 25.8 Å². The molecule has 0 aliphatic heterocycles. The molecule has 1 aliphatic rings. The van der Waals surface area contributed by atoms with Gasteiger partial charge in [0, 0.05) is 11.9 Å². The van der Waals surface area contributed by atoms with Gasteiger partial charge in [0.1, 0.15) is 0 Å². The van der Waals surface area contributed by atoms with E-state index in [1.54, 1.807) is 13.0 Å². The van der Waals surface area contributed by atoms with E-state index in [2.05, 4.69) is 9.97 Å². The predicted octanol–water partition coefficient (Wildman–Crippen LogP) is 1.50. The molecule has 5 heteroatoms. The van der Waals surface area contributed by atoms with Crippen LogP contribution in [0.1, 0.15) is 31.4 Å². The molecule has 0 spiro atoms. The molecule has 1 aromatic rings. The second kappa shape index (κ2) is 3.89. The summed E-state index contributed by atoms with van der Waals surface area (Å²) in [5.41, 5.74) is 0.696. The Labute approximate surface area is 89.7 Å². The summed E-state index contributed by atoms with van der Waals surface area (Å²) in [6.07, 6.45) is 4.99. The Bertz CT molecular complexity index is 450. The summed E-state index contributed by atoms with van der Waals surface area (Å²) in [5, 5.41) is -0.270. The zero-order valence-electron chi connectivity index (χ0n) is 8.68. The Kier molecular flexibility index (Phi) is 2.73. The summed E-state index contributed by atoms with van der Waals surface area (Å²) in [6.45, 7) is 1.77. The van der Waals surface area contributed by atoms with Gasteiger partial charge in [-0.1, -0.05) is 12.8 Å². The molecular weight excluding hydrogens is 212 g/mol. The lowest BCUT2D eigenvalue weighted by atomic mass is 10.4. The van der Waals surface area contributed by atoms with E-state index in [1.807, 2.05) is 0 Å². The van der Waals surface area contributed by atoms with E-state index in [0.717, 1.165) is 25.7 Å². The molecule has 1 aromatic heterocycles. The van der Waals surface area contributed by atoms with Crippen molar-refractivity contribution in [2.75, 3.05) is 0 Å². The van der Waals surface area contributed by atoms with Gasteiger partial charge in [-0.15, -0.1) is 0 Å². The highest BCUT2D eigenvalue weighted by molar-refractivity contribution is 7.91. The van der Waals surface area contributed by atoms with E-state index in [4.69, 9.17) is 0 Å². The molecule has 1 aliphatic carbocycles. The van der Waals surface area contributed by atoms with Crippen LogP contribution in [-0.2, 0) is 9.84 Å². The molecule has 1 heterocycles. The monoisotopic (exact) mass is 226 g/mol. The Hall–Kier alpha value is -0.970. The number of aromatic nitrogens is 2. The van der Waals surface area contributed by atoms with Crippen LogP contribution in [0.25, 0.3) is 0 Å². The van der Waals surface area contributed by atoms with Crippen molar-refractivity contribution in [3.63, 3.8) is 0 Å². The van der Waals surface area contributed by atoms with Crippen LogP contribution in [0.3, 0.4) is 0 Å². The van der Waals surface area contributed by atoms with E-state index in [-0.39, 0.29) is 10.4 Å². The van der Waals surface area contributed by atoms with E-state index in [9.17, 15) is 8.42 Å². The Morgan fingerprint density at radius 3 is 2.60 bits per heavy atom. The van der Waals surface area contributed by atoms with Crippen molar-refractivity contribution in [2.24, 2.45) is 0 Å². The molecule has 0 amide bonds. The number of hydrogen-bond acceptors (Lipinski definition) is 4. The van der Waals surface area contributed by atoms with Gasteiger partial charge in [-0.2, -0.15) is 0 Å². The molecule has 0 bridgehead atoms. The van der Waals surface area contributed by atoms with Crippen LogP contribution in [0, 0.1) is 6.92 Å². The lowest BCUT2D eigenvalue weighted by Crippen LogP contribution is -2.20. The van der Waals surface area contributed by atoms with E-state index < -0.39 is 9.84 Å². The quantitative estimate of drug-likeness (QED) is 0.717. The van der Waals surface area contributed by atoms with Crippen molar-refractivity contribution in [3.05, 3.63) is 18.0 Å². The standard InChI is InChI=1S/C10H14N2O2S/c1-8-6-7-11-10(12-8)15(13,14)9-4-2-3-5-9/h6-7,9H,2-5H2,1H3. The first-order valence-electron chi connectivity index (χ1n) is 5.14. The highest BCUT2D eigenvalue weighted by Gasteiger charge is 2.32. The summed E-state index contributed by atoms with van der Waals surface area (Å²) < 4.78 is 24.1. The smallest absolute Gasteiger partial charge is 0.227 e. The second-order valence-electron chi connectivity index (χ2n) is 3.93. The summed E-state index contributed by atoms with van der Waals surface area (Å²) in [6, 6.07) is 1.70. The SMILES string of the molecule is Cc1ccnc(S(=O)(=O)C2CCCC2)n1. The fourth-order valence-corrected chi connectivity index (χ4v) is 3.64.